The molecular weight excluding hydrogens is 283 g/mol. The van der Waals surface area contributed by atoms with Crippen molar-refractivity contribution < 1.29 is 13.9 Å². The van der Waals surface area contributed by atoms with Gasteiger partial charge in [0.2, 0.25) is 0 Å². The van der Waals surface area contributed by atoms with Gasteiger partial charge in [-0.1, -0.05) is 6.07 Å². The van der Waals surface area contributed by atoms with Crippen LogP contribution in [0.15, 0.2) is 12.1 Å². The zero-order valence-electron chi connectivity index (χ0n) is 11.1. The smallest absolute Gasteiger partial charge is 0.262 e. The lowest BCUT2D eigenvalue weighted by Gasteiger charge is -2.24. The molecule has 0 unspecified atom stereocenters. The fourth-order valence-electron chi connectivity index (χ4n) is 2.71. The van der Waals surface area contributed by atoms with Crippen LogP contribution in [-0.4, -0.2) is 25.6 Å². The number of halogens is 2. The predicted molar refractivity (Wildman–Crippen MR) is 77.1 cm³/mol. The number of benzene rings is 1. The molecule has 1 fully saturated rings. The topological polar surface area (TPSA) is 50.4 Å². The van der Waals surface area contributed by atoms with Crippen LogP contribution < -0.4 is 15.4 Å². The molecule has 1 amide bonds. The number of nitrogens with one attached hydrogen (secondary N) is 2. The minimum Gasteiger partial charge on any atom is -0.481 e. The summed E-state index contributed by atoms with van der Waals surface area (Å²) in [7, 11) is 0. The van der Waals surface area contributed by atoms with Crippen LogP contribution in [-0.2, 0) is 11.2 Å². The van der Waals surface area contributed by atoms with E-state index in [2.05, 4.69) is 10.6 Å². The quantitative estimate of drug-likeness (QED) is 0.879. The number of fused-ring (bicyclic) bond motifs is 1. The van der Waals surface area contributed by atoms with Crippen LogP contribution in [0.2, 0.25) is 0 Å². The predicted octanol–water partition coefficient (Wildman–Crippen LogP) is 2.12. The van der Waals surface area contributed by atoms with Gasteiger partial charge in [0, 0.05) is 0 Å². The maximum Gasteiger partial charge on any atom is 0.262 e. The molecule has 1 aromatic carbocycles. The Morgan fingerprint density at radius 2 is 2.05 bits per heavy atom. The highest BCUT2D eigenvalue weighted by Gasteiger charge is 2.23. The van der Waals surface area contributed by atoms with Crippen molar-refractivity contribution in [3.05, 3.63) is 23.5 Å². The molecule has 2 N–H and O–H groups in total. The van der Waals surface area contributed by atoms with E-state index in [1.54, 1.807) is 12.1 Å². The van der Waals surface area contributed by atoms with E-state index in [9.17, 15) is 9.18 Å². The molecule has 6 heteroatoms. The highest BCUT2D eigenvalue weighted by atomic mass is 35.5. The summed E-state index contributed by atoms with van der Waals surface area (Å²) in [6.45, 7) is 1.95. The van der Waals surface area contributed by atoms with Gasteiger partial charge >= 0.3 is 0 Å². The SMILES string of the molecule is Cl.O=C1COc2ccc(CC3CCNCC3)c(F)c2N1. The van der Waals surface area contributed by atoms with Crippen LogP contribution in [0.1, 0.15) is 18.4 Å². The summed E-state index contributed by atoms with van der Waals surface area (Å²) in [6, 6.07) is 3.52. The summed E-state index contributed by atoms with van der Waals surface area (Å²) in [6.07, 6.45) is 2.86. The average Bonchev–Trinajstić information content (AvgIpc) is 2.44. The van der Waals surface area contributed by atoms with Crippen LogP contribution in [0.5, 0.6) is 5.75 Å². The maximum atomic E-state index is 14.4. The van der Waals surface area contributed by atoms with Gasteiger partial charge in [0.05, 0.1) is 0 Å². The van der Waals surface area contributed by atoms with E-state index in [1.807, 2.05) is 0 Å². The Bertz CT molecular complexity index is 504. The molecule has 2 heterocycles. The van der Waals surface area contributed by atoms with Gasteiger partial charge < -0.3 is 15.4 Å². The normalized spacial score (nSPS) is 18.6. The van der Waals surface area contributed by atoms with Gasteiger partial charge in [0.25, 0.3) is 5.91 Å². The number of anilines is 1. The summed E-state index contributed by atoms with van der Waals surface area (Å²) < 4.78 is 19.6. The zero-order chi connectivity index (χ0) is 13.2. The molecule has 1 aromatic rings. The molecule has 3 rings (SSSR count). The Morgan fingerprint density at radius 3 is 2.80 bits per heavy atom. The summed E-state index contributed by atoms with van der Waals surface area (Å²) in [5.74, 6) is 0.287. The number of ether oxygens (including phenoxy) is 1. The second kappa shape index (κ2) is 6.41. The Hall–Kier alpha value is -1.33. The second-order valence-electron chi connectivity index (χ2n) is 5.15. The molecule has 2 aliphatic rings. The van der Waals surface area contributed by atoms with Crippen molar-refractivity contribution in [1.29, 1.82) is 0 Å². The monoisotopic (exact) mass is 300 g/mol. The highest BCUT2D eigenvalue weighted by molar-refractivity contribution is 5.95. The van der Waals surface area contributed by atoms with Crippen LogP contribution in [0.4, 0.5) is 10.1 Å². The van der Waals surface area contributed by atoms with Gasteiger partial charge in [-0.3, -0.25) is 4.79 Å². The first-order valence-corrected chi connectivity index (χ1v) is 6.69. The van der Waals surface area contributed by atoms with Gasteiger partial charge in [-0.2, -0.15) is 0 Å². The number of amides is 1. The van der Waals surface area contributed by atoms with Gasteiger partial charge in [-0.15, -0.1) is 12.4 Å². The Kier molecular flexibility index (Phi) is 4.83. The van der Waals surface area contributed by atoms with Gasteiger partial charge in [0.1, 0.15) is 11.4 Å². The van der Waals surface area contributed by atoms with Crippen molar-refractivity contribution in [2.24, 2.45) is 5.92 Å². The highest BCUT2D eigenvalue weighted by Crippen LogP contribution is 2.33. The van der Waals surface area contributed by atoms with E-state index >= 15 is 0 Å². The number of hydrogen-bond acceptors (Lipinski definition) is 3. The van der Waals surface area contributed by atoms with E-state index in [0.29, 0.717) is 17.2 Å². The van der Waals surface area contributed by atoms with Crippen molar-refractivity contribution >= 4 is 24.0 Å². The molecule has 20 heavy (non-hydrogen) atoms. The number of piperidine rings is 1. The lowest BCUT2D eigenvalue weighted by atomic mass is 9.90. The Labute approximate surface area is 123 Å². The molecule has 2 aliphatic heterocycles. The van der Waals surface area contributed by atoms with Crippen LogP contribution in [0.3, 0.4) is 0 Å². The maximum absolute atomic E-state index is 14.4. The Balaban J connectivity index is 0.00000147. The van der Waals surface area contributed by atoms with E-state index in [-0.39, 0.29) is 36.4 Å². The molecule has 0 spiro atoms. The van der Waals surface area contributed by atoms with Crippen molar-refractivity contribution in [2.75, 3.05) is 25.0 Å². The third kappa shape index (κ3) is 3.04. The molecule has 0 aromatic heterocycles. The number of hydrogen-bond donors (Lipinski definition) is 2. The molecule has 1 saturated heterocycles. The molecule has 0 radical (unpaired) electrons. The molecule has 0 aliphatic carbocycles. The summed E-state index contributed by atoms with van der Waals surface area (Å²) in [4.78, 5) is 11.3. The van der Waals surface area contributed by atoms with Gasteiger partial charge in [-0.25, -0.2) is 4.39 Å². The summed E-state index contributed by atoms with van der Waals surface area (Å²) >= 11 is 0. The molecule has 4 nitrogen and oxygen atoms in total. The van der Waals surface area contributed by atoms with Crippen LogP contribution in [0, 0.1) is 11.7 Å². The lowest BCUT2D eigenvalue weighted by Crippen LogP contribution is -2.29. The van der Waals surface area contributed by atoms with Gasteiger partial charge in [-0.05, 0) is 49.9 Å². The molecule has 0 bridgehead atoms. The molecule has 0 atom stereocenters. The fourth-order valence-corrected chi connectivity index (χ4v) is 2.71. The van der Waals surface area contributed by atoms with E-state index < -0.39 is 0 Å². The van der Waals surface area contributed by atoms with E-state index in [0.717, 1.165) is 32.4 Å². The third-order valence-corrected chi connectivity index (χ3v) is 3.77. The number of carbonyl (C=O) groups is 1. The minimum atomic E-state index is -0.343. The van der Waals surface area contributed by atoms with Crippen molar-refractivity contribution in [2.45, 2.75) is 19.3 Å². The van der Waals surface area contributed by atoms with Crippen molar-refractivity contribution in [3.8, 4) is 5.75 Å². The second-order valence-corrected chi connectivity index (χ2v) is 5.15. The first kappa shape index (κ1) is 15.1. The fraction of sp³-hybridized carbons (Fsp3) is 0.500. The molecule has 110 valence electrons. The molecule has 0 saturated carbocycles. The largest absolute Gasteiger partial charge is 0.481 e. The summed E-state index contributed by atoms with van der Waals surface area (Å²) in [5.41, 5.74) is 0.860. The third-order valence-electron chi connectivity index (χ3n) is 3.77. The minimum absolute atomic E-state index is 0. The van der Waals surface area contributed by atoms with E-state index in [1.165, 1.54) is 0 Å². The Morgan fingerprint density at radius 1 is 1.30 bits per heavy atom. The summed E-state index contributed by atoms with van der Waals surface area (Å²) in [5, 5.41) is 5.85. The average molecular weight is 301 g/mol. The van der Waals surface area contributed by atoms with E-state index in [4.69, 9.17) is 4.74 Å². The zero-order valence-corrected chi connectivity index (χ0v) is 11.9. The lowest BCUT2D eigenvalue weighted by molar-refractivity contribution is -0.118. The first-order valence-electron chi connectivity index (χ1n) is 6.69. The number of rotatable bonds is 2. The first-order chi connectivity index (χ1) is 9.24. The van der Waals surface area contributed by atoms with Crippen LogP contribution in [0.25, 0.3) is 0 Å². The number of carbonyl (C=O) groups excluding carboxylic acids is 1. The van der Waals surface area contributed by atoms with Crippen molar-refractivity contribution in [3.63, 3.8) is 0 Å². The van der Waals surface area contributed by atoms with Crippen LogP contribution >= 0.6 is 12.4 Å². The standard InChI is InChI=1S/C14H17FN2O2.ClH/c15-13-10(7-9-3-5-16-6-4-9)1-2-11-14(13)17-12(18)8-19-11;/h1-2,9,16H,3-8H2,(H,17,18);1H. The molecular formula is C14H18ClFN2O2. The van der Waals surface area contributed by atoms with Crippen molar-refractivity contribution in [1.82, 2.24) is 5.32 Å². The van der Waals surface area contributed by atoms with Gasteiger partial charge in [0.15, 0.2) is 12.4 Å².